The van der Waals surface area contributed by atoms with E-state index in [1.54, 1.807) is 12.7 Å². The summed E-state index contributed by atoms with van der Waals surface area (Å²) in [5.74, 6) is 0.951. The Morgan fingerprint density at radius 2 is 2.04 bits per heavy atom. The van der Waals surface area contributed by atoms with Gasteiger partial charge in [-0.15, -0.1) is 0 Å². The monoisotopic (exact) mass is 310 g/mol. The maximum Gasteiger partial charge on any atom is 0.119 e. The highest BCUT2D eigenvalue weighted by molar-refractivity contribution is 5.57. The fourth-order valence-electron chi connectivity index (χ4n) is 5.23. The fraction of sp³-hybridized carbons (Fsp3) is 0.524. The Bertz CT molecular complexity index is 715. The van der Waals surface area contributed by atoms with Gasteiger partial charge in [0.15, 0.2) is 0 Å². The Hall–Kier alpha value is -1.54. The molecular formula is C21H26O2. The SMILES string of the molecule is CC[C@@]12C=C[C@]3(C)C[C@H](O)CC3=C1CCc1cc(OC)ccc12. The summed E-state index contributed by atoms with van der Waals surface area (Å²) in [4.78, 5) is 0. The summed E-state index contributed by atoms with van der Waals surface area (Å²) in [7, 11) is 1.74. The fourth-order valence-corrected chi connectivity index (χ4v) is 5.23. The number of ether oxygens (including phenoxy) is 1. The van der Waals surface area contributed by atoms with E-state index in [1.807, 2.05) is 0 Å². The third kappa shape index (κ3) is 1.97. The van der Waals surface area contributed by atoms with Gasteiger partial charge in [-0.2, -0.15) is 0 Å². The number of allylic oxidation sites excluding steroid dienone is 3. The van der Waals surface area contributed by atoms with Crippen LogP contribution in [0.3, 0.4) is 0 Å². The number of aryl methyl sites for hydroxylation is 1. The quantitative estimate of drug-likeness (QED) is 0.825. The first-order chi connectivity index (χ1) is 11.0. The minimum absolute atomic E-state index is 0.0265. The second kappa shape index (κ2) is 4.98. The molecular weight excluding hydrogens is 284 g/mol. The van der Waals surface area contributed by atoms with Crippen molar-refractivity contribution in [2.45, 2.75) is 57.5 Å². The normalized spacial score (nSPS) is 34.9. The first-order valence-electron chi connectivity index (χ1n) is 8.81. The minimum Gasteiger partial charge on any atom is -0.497 e. The van der Waals surface area contributed by atoms with Crippen LogP contribution in [0, 0.1) is 5.41 Å². The van der Waals surface area contributed by atoms with Gasteiger partial charge in [0.25, 0.3) is 0 Å². The zero-order valence-corrected chi connectivity index (χ0v) is 14.4. The van der Waals surface area contributed by atoms with E-state index < -0.39 is 0 Å². The molecule has 1 N–H and O–H groups in total. The molecule has 3 atom stereocenters. The Labute approximate surface area is 138 Å². The van der Waals surface area contributed by atoms with Crippen LogP contribution in [0.15, 0.2) is 41.5 Å². The third-order valence-electron chi connectivity index (χ3n) is 6.42. The van der Waals surface area contributed by atoms with Crippen molar-refractivity contribution >= 4 is 0 Å². The van der Waals surface area contributed by atoms with Gasteiger partial charge in [0.05, 0.1) is 13.2 Å². The molecule has 3 aliphatic carbocycles. The predicted molar refractivity (Wildman–Crippen MR) is 92.8 cm³/mol. The van der Waals surface area contributed by atoms with Crippen molar-refractivity contribution in [1.82, 2.24) is 0 Å². The number of hydrogen-bond acceptors (Lipinski definition) is 2. The Balaban J connectivity index is 1.91. The van der Waals surface area contributed by atoms with E-state index in [-0.39, 0.29) is 16.9 Å². The van der Waals surface area contributed by atoms with Crippen molar-refractivity contribution in [2.75, 3.05) is 7.11 Å². The maximum atomic E-state index is 10.3. The maximum absolute atomic E-state index is 10.3. The van der Waals surface area contributed by atoms with Gasteiger partial charge in [0.2, 0.25) is 0 Å². The molecule has 0 saturated heterocycles. The molecule has 0 aliphatic heterocycles. The summed E-state index contributed by atoms with van der Waals surface area (Å²) in [6.45, 7) is 4.59. The van der Waals surface area contributed by atoms with E-state index in [4.69, 9.17) is 4.74 Å². The number of methoxy groups -OCH3 is 1. The zero-order valence-electron chi connectivity index (χ0n) is 14.4. The van der Waals surface area contributed by atoms with E-state index in [9.17, 15) is 5.11 Å². The van der Waals surface area contributed by atoms with Crippen molar-refractivity contribution in [3.05, 3.63) is 52.6 Å². The second-order valence-corrected chi connectivity index (χ2v) is 7.62. The van der Waals surface area contributed by atoms with Crippen LogP contribution >= 0.6 is 0 Å². The summed E-state index contributed by atoms with van der Waals surface area (Å²) in [6.07, 6.45) is 9.62. The van der Waals surface area contributed by atoms with Crippen LogP contribution in [-0.2, 0) is 11.8 Å². The van der Waals surface area contributed by atoms with Crippen molar-refractivity contribution in [1.29, 1.82) is 0 Å². The van der Waals surface area contributed by atoms with Crippen molar-refractivity contribution in [3.63, 3.8) is 0 Å². The van der Waals surface area contributed by atoms with Crippen molar-refractivity contribution < 1.29 is 9.84 Å². The van der Waals surface area contributed by atoms with Crippen LogP contribution in [-0.4, -0.2) is 18.3 Å². The number of rotatable bonds is 2. The van der Waals surface area contributed by atoms with Crippen LogP contribution in [0.25, 0.3) is 0 Å². The van der Waals surface area contributed by atoms with Gasteiger partial charge in [0.1, 0.15) is 5.75 Å². The van der Waals surface area contributed by atoms with Gasteiger partial charge in [-0.3, -0.25) is 0 Å². The van der Waals surface area contributed by atoms with Crippen LogP contribution < -0.4 is 4.74 Å². The molecule has 23 heavy (non-hydrogen) atoms. The molecule has 0 aromatic heterocycles. The van der Waals surface area contributed by atoms with Crippen LogP contribution in [0.4, 0.5) is 0 Å². The number of aliphatic hydroxyl groups excluding tert-OH is 1. The van der Waals surface area contributed by atoms with Crippen LogP contribution in [0.2, 0.25) is 0 Å². The first kappa shape index (κ1) is 15.0. The van der Waals surface area contributed by atoms with E-state index in [1.165, 1.54) is 16.7 Å². The van der Waals surface area contributed by atoms with Gasteiger partial charge in [0, 0.05) is 10.8 Å². The molecule has 4 rings (SSSR count). The molecule has 1 fully saturated rings. The van der Waals surface area contributed by atoms with E-state index >= 15 is 0 Å². The summed E-state index contributed by atoms with van der Waals surface area (Å²) in [6, 6.07) is 6.56. The molecule has 3 aliphatic rings. The Kier molecular flexibility index (Phi) is 3.25. The highest BCUT2D eigenvalue weighted by atomic mass is 16.5. The largest absolute Gasteiger partial charge is 0.497 e. The first-order valence-corrected chi connectivity index (χ1v) is 8.81. The molecule has 2 heteroatoms. The number of benzene rings is 1. The average Bonchev–Trinajstić information content (AvgIpc) is 2.87. The Morgan fingerprint density at radius 3 is 2.78 bits per heavy atom. The summed E-state index contributed by atoms with van der Waals surface area (Å²) >= 11 is 0. The van der Waals surface area contributed by atoms with E-state index in [0.717, 1.165) is 37.9 Å². The highest BCUT2D eigenvalue weighted by Gasteiger charge is 2.48. The standard InChI is InChI=1S/C21H26O2/c1-4-21-10-9-20(2)13-15(22)12-19(20)18(21)7-5-14-11-16(23-3)6-8-17(14)21/h6,8-11,15,22H,4-5,7,12-13H2,1-3H3/t15-,20-,21+/m1/s1. The zero-order chi connectivity index (χ0) is 16.2. The minimum atomic E-state index is -0.183. The molecule has 0 unspecified atom stereocenters. The van der Waals surface area contributed by atoms with E-state index in [2.05, 4.69) is 44.2 Å². The van der Waals surface area contributed by atoms with Crippen LogP contribution in [0.1, 0.15) is 50.7 Å². The molecule has 0 spiro atoms. The predicted octanol–water partition coefficient (Wildman–Crippen LogP) is 4.32. The lowest BCUT2D eigenvalue weighted by Crippen LogP contribution is -2.36. The molecule has 1 saturated carbocycles. The number of aliphatic hydroxyl groups is 1. The van der Waals surface area contributed by atoms with Gasteiger partial charge in [-0.1, -0.05) is 43.2 Å². The van der Waals surface area contributed by atoms with Crippen molar-refractivity contribution in [2.24, 2.45) is 5.41 Å². The van der Waals surface area contributed by atoms with Crippen molar-refractivity contribution in [3.8, 4) is 5.75 Å². The molecule has 0 bridgehead atoms. The Morgan fingerprint density at radius 1 is 1.22 bits per heavy atom. The molecule has 122 valence electrons. The van der Waals surface area contributed by atoms with Gasteiger partial charge in [-0.25, -0.2) is 0 Å². The van der Waals surface area contributed by atoms with Gasteiger partial charge >= 0.3 is 0 Å². The third-order valence-corrected chi connectivity index (χ3v) is 6.42. The molecule has 0 amide bonds. The van der Waals surface area contributed by atoms with Crippen LogP contribution in [0.5, 0.6) is 5.75 Å². The number of fused-ring (bicyclic) bond motifs is 4. The van der Waals surface area contributed by atoms with Gasteiger partial charge in [-0.05, 0) is 55.4 Å². The lowest BCUT2D eigenvalue weighted by molar-refractivity contribution is 0.172. The second-order valence-electron chi connectivity index (χ2n) is 7.62. The molecule has 1 aromatic carbocycles. The topological polar surface area (TPSA) is 29.5 Å². The summed E-state index contributed by atoms with van der Waals surface area (Å²) < 4.78 is 5.42. The molecule has 1 aromatic rings. The highest BCUT2D eigenvalue weighted by Crippen LogP contribution is 2.57. The van der Waals surface area contributed by atoms with Gasteiger partial charge < -0.3 is 9.84 Å². The lowest BCUT2D eigenvalue weighted by atomic mass is 9.58. The number of hydrogen-bond donors (Lipinski definition) is 1. The summed E-state index contributed by atoms with van der Waals surface area (Å²) in [5, 5.41) is 10.3. The molecule has 0 radical (unpaired) electrons. The molecule has 2 nitrogen and oxygen atoms in total. The average molecular weight is 310 g/mol. The van der Waals surface area contributed by atoms with E-state index in [0.29, 0.717) is 0 Å². The summed E-state index contributed by atoms with van der Waals surface area (Å²) in [5.41, 5.74) is 6.04. The smallest absolute Gasteiger partial charge is 0.119 e. The molecule has 0 heterocycles. The lowest BCUT2D eigenvalue weighted by Gasteiger charge is -2.45.